The van der Waals surface area contributed by atoms with E-state index in [1.165, 1.54) is 6.08 Å². The smallest absolute Gasteiger partial charge is 0.278 e. The van der Waals surface area contributed by atoms with Crippen molar-refractivity contribution < 1.29 is 0 Å². The van der Waals surface area contributed by atoms with Crippen molar-refractivity contribution in [2.24, 2.45) is 0 Å². The number of rotatable bonds is 3. The molecule has 2 aromatic heterocycles. The maximum atomic E-state index is 13.2. The number of nitrogens with two attached hydrogens (primary N) is 1. The van der Waals surface area contributed by atoms with Crippen LogP contribution in [0.4, 0.5) is 5.69 Å². The summed E-state index contributed by atoms with van der Waals surface area (Å²) in [4.78, 5) is 22.0. The van der Waals surface area contributed by atoms with Crippen molar-refractivity contribution in [1.82, 2.24) is 14.5 Å². The molecule has 2 N–H and O–H groups in total. The number of hydrogen-bond donors (Lipinski definition) is 1. The molecule has 3 rings (SSSR count). The summed E-state index contributed by atoms with van der Waals surface area (Å²) in [7, 11) is 0. The third-order valence-corrected chi connectivity index (χ3v) is 4.66. The lowest BCUT2D eigenvalue weighted by Gasteiger charge is -2.15. The molecule has 6 heteroatoms. The SMILES string of the molecule is C=CC#Cc1c(C#N)cc(-c2nc3c(N)ccnc3n(CC)c2=O)cc1C(C)C. The average Bonchev–Trinajstić information content (AvgIpc) is 2.71. The average molecular weight is 383 g/mol. The molecule has 6 nitrogen and oxygen atoms in total. The van der Waals surface area contributed by atoms with E-state index >= 15 is 0 Å². The van der Waals surface area contributed by atoms with E-state index in [1.54, 1.807) is 22.9 Å². The van der Waals surface area contributed by atoms with Crippen LogP contribution in [0.25, 0.3) is 22.4 Å². The number of aromatic nitrogens is 3. The Hall–Kier alpha value is -3.90. The highest BCUT2D eigenvalue weighted by atomic mass is 16.1. The third kappa shape index (κ3) is 3.49. The van der Waals surface area contributed by atoms with Crippen molar-refractivity contribution in [3.05, 3.63) is 64.1 Å². The molecule has 0 fully saturated rings. The van der Waals surface area contributed by atoms with Crippen LogP contribution in [0, 0.1) is 23.2 Å². The maximum absolute atomic E-state index is 13.2. The summed E-state index contributed by atoms with van der Waals surface area (Å²) in [6.07, 6.45) is 3.04. The zero-order valence-electron chi connectivity index (χ0n) is 16.7. The van der Waals surface area contributed by atoms with E-state index < -0.39 is 0 Å². The summed E-state index contributed by atoms with van der Waals surface area (Å²) in [5, 5.41) is 9.70. The van der Waals surface area contributed by atoms with Crippen LogP contribution in [-0.2, 0) is 6.54 Å². The number of fused-ring (bicyclic) bond motifs is 1. The highest BCUT2D eigenvalue weighted by Gasteiger charge is 2.18. The van der Waals surface area contributed by atoms with Gasteiger partial charge < -0.3 is 5.73 Å². The number of pyridine rings is 1. The van der Waals surface area contributed by atoms with Crippen LogP contribution in [-0.4, -0.2) is 14.5 Å². The summed E-state index contributed by atoms with van der Waals surface area (Å²) < 4.78 is 1.54. The van der Waals surface area contributed by atoms with Gasteiger partial charge in [0.1, 0.15) is 17.3 Å². The van der Waals surface area contributed by atoms with Gasteiger partial charge in [0.25, 0.3) is 5.56 Å². The van der Waals surface area contributed by atoms with E-state index in [9.17, 15) is 10.1 Å². The number of hydrogen-bond acceptors (Lipinski definition) is 5. The lowest BCUT2D eigenvalue weighted by atomic mass is 9.90. The van der Waals surface area contributed by atoms with Crippen molar-refractivity contribution in [3.63, 3.8) is 0 Å². The molecule has 0 aliphatic carbocycles. The second-order valence-corrected chi connectivity index (χ2v) is 6.81. The first-order valence-electron chi connectivity index (χ1n) is 9.28. The van der Waals surface area contributed by atoms with E-state index in [0.717, 1.165) is 5.56 Å². The van der Waals surface area contributed by atoms with Crippen LogP contribution >= 0.6 is 0 Å². The van der Waals surface area contributed by atoms with Gasteiger partial charge >= 0.3 is 0 Å². The number of nitrogens with zero attached hydrogens (tertiary/aromatic N) is 4. The van der Waals surface area contributed by atoms with Gasteiger partial charge in [0.05, 0.1) is 11.3 Å². The quantitative estimate of drug-likeness (QED) is 0.697. The van der Waals surface area contributed by atoms with Gasteiger partial charge in [0.15, 0.2) is 5.65 Å². The standard InChI is InChI=1S/C23H21N5O/c1-5-7-8-17-16(13-24)11-15(12-18(17)14(3)4)20-23(29)28(6-2)22-21(27-20)19(25)9-10-26-22/h5,9-12,14H,1,6H2,2-4H3,(H2,25,26). The first-order chi connectivity index (χ1) is 13.9. The van der Waals surface area contributed by atoms with Crippen molar-refractivity contribution in [2.45, 2.75) is 33.2 Å². The Morgan fingerprint density at radius 1 is 1.38 bits per heavy atom. The maximum Gasteiger partial charge on any atom is 0.278 e. The Labute approximate surface area is 169 Å². The highest BCUT2D eigenvalue weighted by molar-refractivity contribution is 5.85. The Kier molecular flexibility index (Phi) is 5.47. The third-order valence-electron chi connectivity index (χ3n) is 4.66. The lowest BCUT2D eigenvalue weighted by molar-refractivity contribution is 0.745. The van der Waals surface area contributed by atoms with Crippen LogP contribution < -0.4 is 11.3 Å². The normalized spacial score (nSPS) is 10.4. The molecule has 2 heterocycles. The topological polar surface area (TPSA) is 97.6 Å². The molecule has 144 valence electrons. The molecule has 0 radical (unpaired) electrons. The van der Waals surface area contributed by atoms with Crippen molar-refractivity contribution in [3.8, 4) is 29.2 Å². The first kappa shape index (κ1) is 19.9. The first-order valence-corrected chi connectivity index (χ1v) is 9.28. The number of nitriles is 1. The van der Waals surface area contributed by atoms with Crippen LogP contribution in [0.5, 0.6) is 0 Å². The summed E-state index contributed by atoms with van der Waals surface area (Å²) in [5.41, 5.74) is 9.87. The molecule has 0 aliphatic rings. The molecule has 0 unspecified atom stereocenters. The molecule has 0 atom stereocenters. The molecule has 0 spiro atoms. The van der Waals surface area contributed by atoms with Gasteiger partial charge in [-0.15, -0.1) is 0 Å². The summed E-state index contributed by atoms with van der Waals surface area (Å²) >= 11 is 0. The fraction of sp³-hybridized carbons (Fsp3) is 0.217. The van der Waals surface area contributed by atoms with Gasteiger partial charge in [-0.2, -0.15) is 5.26 Å². The Morgan fingerprint density at radius 3 is 2.76 bits per heavy atom. The van der Waals surface area contributed by atoms with Gasteiger partial charge in [0.2, 0.25) is 0 Å². The zero-order chi connectivity index (χ0) is 21.1. The molecular weight excluding hydrogens is 362 g/mol. The summed E-state index contributed by atoms with van der Waals surface area (Å²) in [5.74, 6) is 5.90. The van der Waals surface area contributed by atoms with Gasteiger partial charge in [-0.25, -0.2) is 9.97 Å². The van der Waals surface area contributed by atoms with E-state index in [1.807, 2.05) is 26.8 Å². The predicted molar refractivity (Wildman–Crippen MR) is 115 cm³/mol. The molecule has 0 aliphatic heterocycles. The van der Waals surface area contributed by atoms with Crippen molar-refractivity contribution in [2.75, 3.05) is 5.73 Å². The van der Waals surface area contributed by atoms with E-state index in [2.05, 4.69) is 34.5 Å². The lowest BCUT2D eigenvalue weighted by Crippen LogP contribution is -2.24. The van der Waals surface area contributed by atoms with E-state index in [-0.39, 0.29) is 17.2 Å². The Bertz CT molecular complexity index is 1280. The van der Waals surface area contributed by atoms with Crippen LogP contribution in [0.1, 0.15) is 43.4 Å². The van der Waals surface area contributed by atoms with Gasteiger partial charge in [-0.3, -0.25) is 9.36 Å². The number of aryl methyl sites for hydroxylation is 1. The molecule has 3 aromatic rings. The monoisotopic (exact) mass is 383 g/mol. The van der Waals surface area contributed by atoms with Crippen molar-refractivity contribution >= 4 is 16.9 Å². The van der Waals surface area contributed by atoms with Crippen LogP contribution in [0.15, 0.2) is 41.8 Å². The number of allylic oxidation sites excluding steroid dienone is 1. The molecule has 1 aromatic carbocycles. The zero-order valence-corrected chi connectivity index (χ0v) is 16.7. The van der Waals surface area contributed by atoms with Crippen molar-refractivity contribution in [1.29, 1.82) is 5.26 Å². The highest BCUT2D eigenvalue weighted by Crippen LogP contribution is 2.29. The van der Waals surface area contributed by atoms with E-state index in [4.69, 9.17) is 5.73 Å². The van der Waals surface area contributed by atoms with Gasteiger partial charge in [0, 0.05) is 23.9 Å². The second-order valence-electron chi connectivity index (χ2n) is 6.81. The molecule has 29 heavy (non-hydrogen) atoms. The molecule has 0 saturated carbocycles. The second kappa shape index (κ2) is 8.00. The number of anilines is 1. The fourth-order valence-electron chi connectivity index (χ4n) is 3.24. The predicted octanol–water partition coefficient (Wildman–Crippen LogP) is 3.59. The summed E-state index contributed by atoms with van der Waals surface area (Å²) in [6.45, 7) is 9.92. The molecule has 0 amide bonds. The minimum absolute atomic E-state index is 0.0942. The van der Waals surface area contributed by atoms with Crippen LogP contribution in [0.2, 0.25) is 0 Å². The van der Waals surface area contributed by atoms with Gasteiger partial charge in [-0.05, 0) is 42.7 Å². The minimum Gasteiger partial charge on any atom is -0.397 e. The van der Waals surface area contributed by atoms with Crippen LogP contribution in [0.3, 0.4) is 0 Å². The number of nitrogen functional groups attached to an aromatic ring is 1. The largest absolute Gasteiger partial charge is 0.397 e. The summed E-state index contributed by atoms with van der Waals surface area (Å²) in [6, 6.07) is 7.38. The minimum atomic E-state index is -0.276. The molecule has 0 bridgehead atoms. The Balaban J connectivity index is 2.41. The fourth-order valence-corrected chi connectivity index (χ4v) is 3.24. The van der Waals surface area contributed by atoms with Gasteiger partial charge in [-0.1, -0.05) is 32.3 Å². The van der Waals surface area contributed by atoms with E-state index in [0.29, 0.717) is 40.1 Å². The Morgan fingerprint density at radius 2 is 2.14 bits per heavy atom. The number of benzene rings is 1. The molecular formula is C23H21N5O. The molecule has 0 saturated heterocycles.